The highest BCUT2D eigenvalue weighted by Crippen LogP contribution is 2.38. The standard InChI is InChI=1S/C56H55F8N7O15/c1-69-26-33(30-6-7-35-31(24-30)10-14-71(35)39(74)23-28-3-2-4-32(21-28)56(62,63)64)41-52(65)67-27-70(53(41)69)25-29-5-8-36(84-55-49(78)47(76)48(77)51(86-55)54(79)80)34(22-29)68-38(73)9-13-66-37(72)11-15-81-17-19-83-20-18-82-16-12-40(75)85-50-45(60)43(58)42(57)44(59)46(50)61/h2-8,21-22,24,26-27,47-49,51,55,65,76-78H,9-20,23,25H2,1H3,(H3,66,68,72,73,79,80)/p+1/t47-,48-,49+,51-,55+/m0/s1. The Kier molecular flexibility index (Phi) is 20.5. The van der Waals surface area contributed by atoms with Gasteiger partial charge in [-0.2, -0.15) is 22.0 Å². The number of anilines is 3. The smallest absolute Gasteiger partial charge is 0.416 e. The molecule has 0 saturated carbocycles. The van der Waals surface area contributed by atoms with Crippen LogP contribution >= 0.6 is 0 Å². The molecule has 0 aliphatic carbocycles. The zero-order valence-corrected chi connectivity index (χ0v) is 45.4. The molecule has 30 heteroatoms. The van der Waals surface area contributed by atoms with Gasteiger partial charge in [0.25, 0.3) is 0 Å². The lowest BCUT2D eigenvalue weighted by atomic mass is 9.99. The average molecular weight is 1220 g/mol. The third kappa shape index (κ3) is 15.0. The summed E-state index contributed by atoms with van der Waals surface area (Å²) in [7, 11) is 1.79. The maximum atomic E-state index is 13.7. The van der Waals surface area contributed by atoms with Gasteiger partial charge in [-0.15, -0.1) is 0 Å². The van der Waals surface area contributed by atoms with Crippen LogP contribution in [0.15, 0.2) is 73.2 Å². The SMILES string of the molecule is Cn1cc(-c2ccc3c(c2)CCN3C(=O)Cc2cccc(C(F)(F)F)c2)c2c(N)nc[n+](Cc3ccc(O[C@@H]4O[C@H](C(=O)O)[C@@H](O)[C@H](O)[C@H]4O)c(NC(=O)CCNC(=O)CCOCCOCCOCCC(=O)Oc4c(F)c(F)c(F)c(F)c4F)c3)c21. The van der Waals surface area contributed by atoms with Crippen molar-refractivity contribution in [2.45, 2.75) is 75.5 Å². The number of nitrogens with two attached hydrogens (primary N) is 1. The van der Waals surface area contributed by atoms with Gasteiger partial charge in [0.2, 0.25) is 76.6 Å². The van der Waals surface area contributed by atoms with E-state index in [9.17, 15) is 79.5 Å². The number of benzene rings is 4. The lowest BCUT2D eigenvalue weighted by Gasteiger charge is -2.38. The molecule has 0 radical (unpaired) electrons. The molecule has 22 nitrogen and oxygen atoms in total. The molecule has 86 heavy (non-hydrogen) atoms. The molecule has 2 aliphatic heterocycles. The highest BCUT2D eigenvalue weighted by Gasteiger charge is 2.48. The molecule has 0 bridgehead atoms. The maximum absolute atomic E-state index is 13.7. The van der Waals surface area contributed by atoms with Crippen molar-refractivity contribution in [3.05, 3.63) is 125 Å². The van der Waals surface area contributed by atoms with Gasteiger partial charge in [-0.25, -0.2) is 22.5 Å². The topological polar surface area (TPSA) is 297 Å². The molecule has 6 aromatic rings. The number of aryl methyl sites for hydroxylation is 1. The number of carbonyl (C=O) groups is 5. The quantitative estimate of drug-likeness (QED) is 0.00806. The van der Waals surface area contributed by atoms with Gasteiger partial charge in [-0.05, 0) is 59.0 Å². The Morgan fingerprint density at radius 2 is 1.47 bits per heavy atom. The highest BCUT2D eigenvalue weighted by atomic mass is 19.4. The molecule has 0 unspecified atom stereocenters. The molecule has 3 amide bonds. The molecule has 8 rings (SSSR count). The molecule has 4 heterocycles. The summed E-state index contributed by atoms with van der Waals surface area (Å²) in [6.07, 6.45) is -11.8. The zero-order valence-electron chi connectivity index (χ0n) is 45.4. The van der Waals surface area contributed by atoms with Crippen molar-refractivity contribution < 1.29 is 113 Å². The van der Waals surface area contributed by atoms with Crippen LogP contribution < -0.4 is 35.3 Å². The molecule has 4 aromatic carbocycles. The first-order valence-electron chi connectivity index (χ1n) is 26.4. The summed E-state index contributed by atoms with van der Waals surface area (Å²) in [4.78, 5) is 69.2. The largest absolute Gasteiger partial charge is 0.479 e. The van der Waals surface area contributed by atoms with E-state index in [1.165, 1.54) is 30.6 Å². The number of rotatable bonds is 25. The number of nitrogen functional groups attached to an aromatic ring is 1. The number of halogens is 8. The number of aliphatic hydroxyl groups excluding tert-OH is 3. The van der Waals surface area contributed by atoms with Crippen LogP contribution in [0.2, 0.25) is 0 Å². The second kappa shape index (κ2) is 27.8. The lowest BCUT2D eigenvalue weighted by Crippen LogP contribution is -2.61. The zero-order chi connectivity index (χ0) is 62.1. The molecular formula is C56H56F8N7O15+. The average Bonchev–Trinajstić information content (AvgIpc) is 1.96. The third-order valence-corrected chi connectivity index (χ3v) is 13.7. The summed E-state index contributed by atoms with van der Waals surface area (Å²) in [6, 6.07) is 14.6. The first kappa shape index (κ1) is 63.6. The van der Waals surface area contributed by atoms with Crippen LogP contribution in [0.4, 0.5) is 52.3 Å². The lowest BCUT2D eigenvalue weighted by molar-refractivity contribution is -0.667. The van der Waals surface area contributed by atoms with Gasteiger partial charge in [-0.3, -0.25) is 23.7 Å². The molecule has 2 aliphatic rings. The van der Waals surface area contributed by atoms with Gasteiger partial charge >= 0.3 is 18.1 Å². The number of carboxylic acid groups (broad SMARTS) is 1. The van der Waals surface area contributed by atoms with Gasteiger partial charge in [0.05, 0.1) is 83.5 Å². The fraction of sp³-hybridized carbons (Fsp3) is 0.375. The van der Waals surface area contributed by atoms with Crippen LogP contribution in [0.1, 0.15) is 41.5 Å². The highest BCUT2D eigenvalue weighted by molar-refractivity contribution is 6.01. The summed E-state index contributed by atoms with van der Waals surface area (Å²) in [5, 5.41) is 47.0. The number of hydrogen-bond donors (Lipinski definition) is 7. The summed E-state index contributed by atoms with van der Waals surface area (Å²) in [6.45, 7) is -0.123. The van der Waals surface area contributed by atoms with Gasteiger partial charge in [0, 0.05) is 37.2 Å². The number of hydrogen-bond acceptors (Lipinski definition) is 16. The Morgan fingerprint density at radius 1 is 0.791 bits per heavy atom. The Morgan fingerprint density at radius 3 is 2.15 bits per heavy atom. The van der Waals surface area contributed by atoms with E-state index >= 15 is 0 Å². The third-order valence-electron chi connectivity index (χ3n) is 13.7. The normalized spacial score (nSPS) is 17.6. The number of amides is 3. The van der Waals surface area contributed by atoms with Crippen LogP contribution in [0.25, 0.3) is 22.2 Å². The molecule has 0 spiro atoms. The second-order valence-corrected chi connectivity index (χ2v) is 19.7. The van der Waals surface area contributed by atoms with Crippen molar-refractivity contribution in [1.82, 2.24) is 14.9 Å². The molecular weight excluding hydrogens is 1160 g/mol. The second-order valence-electron chi connectivity index (χ2n) is 19.7. The Bertz CT molecular complexity index is 3490. The van der Waals surface area contributed by atoms with Gasteiger partial charge in [-0.1, -0.05) is 35.3 Å². The molecule has 5 atom stereocenters. The van der Waals surface area contributed by atoms with E-state index in [-0.39, 0.29) is 101 Å². The first-order valence-corrected chi connectivity index (χ1v) is 26.4. The summed E-state index contributed by atoms with van der Waals surface area (Å²) in [5.74, 6) is -17.7. The van der Waals surface area contributed by atoms with Crippen LogP contribution in [-0.2, 0) is 75.5 Å². The van der Waals surface area contributed by atoms with Crippen molar-refractivity contribution >= 4 is 57.9 Å². The molecule has 1 fully saturated rings. The summed E-state index contributed by atoms with van der Waals surface area (Å²) < 4.78 is 142. The van der Waals surface area contributed by atoms with Crippen LogP contribution in [-0.4, -0.2) is 143 Å². The number of aliphatic carboxylic acids is 1. The minimum absolute atomic E-state index is 0.00189. The molecule has 460 valence electrons. The minimum Gasteiger partial charge on any atom is -0.479 e. The Labute approximate surface area is 482 Å². The van der Waals surface area contributed by atoms with E-state index < -0.39 is 107 Å². The summed E-state index contributed by atoms with van der Waals surface area (Å²) in [5.41, 5.74) is 9.92. The number of carboxylic acids is 1. The van der Waals surface area contributed by atoms with E-state index in [1.54, 1.807) is 34.7 Å². The number of nitrogens with one attached hydrogen (secondary N) is 2. The van der Waals surface area contributed by atoms with Gasteiger partial charge in [0.1, 0.15) is 29.4 Å². The van der Waals surface area contributed by atoms with Crippen LogP contribution in [0.5, 0.6) is 11.5 Å². The Balaban J connectivity index is 0.851. The number of aliphatic hydroxyl groups is 3. The van der Waals surface area contributed by atoms with E-state index in [0.29, 0.717) is 40.8 Å². The summed E-state index contributed by atoms with van der Waals surface area (Å²) >= 11 is 0. The fourth-order valence-electron chi connectivity index (χ4n) is 9.42. The van der Waals surface area contributed by atoms with Gasteiger partial charge < -0.3 is 70.1 Å². The fourth-order valence-corrected chi connectivity index (χ4v) is 9.42. The van der Waals surface area contributed by atoms with E-state index in [4.69, 9.17) is 29.4 Å². The van der Waals surface area contributed by atoms with Crippen LogP contribution in [0, 0.1) is 29.1 Å². The number of ether oxygens (including phenoxy) is 6. The number of fused-ring (bicyclic) bond motifs is 2. The predicted octanol–water partition coefficient (Wildman–Crippen LogP) is 4.16. The predicted molar refractivity (Wildman–Crippen MR) is 282 cm³/mol. The van der Waals surface area contributed by atoms with E-state index in [1.807, 2.05) is 16.8 Å². The van der Waals surface area contributed by atoms with Crippen molar-refractivity contribution in [2.24, 2.45) is 7.05 Å². The van der Waals surface area contributed by atoms with Crippen LogP contribution in [0.3, 0.4) is 0 Å². The van der Waals surface area contributed by atoms with Crippen molar-refractivity contribution in [1.29, 1.82) is 0 Å². The van der Waals surface area contributed by atoms with E-state index in [0.717, 1.165) is 23.3 Å². The molecule has 2 aromatic heterocycles. The van der Waals surface area contributed by atoms with E-state index in [2.05, 4.69) is 20.4 Å². The van der Waals surface area contributed by atoms with Crippen molar-refractivity contribution in [2.75, 3.05) is 68.7 Å². The number of aromatic nitrogens is 3. The first-order chi connectivity index (χ1) is 40.9. The monoisotopic (exact) mass is 1220 g/mol. The number of esters is 1. The minimum atomic E-state index is -4.56. The number of nitrogens with zero attached hydrogens (tertiary/aromatic N) is 4. The van der Waals surface area contributed by atoms with Crippen molar-refractivity contribution in [3.63, 3.8) is 0 Å². The molecule has 1 saturated heterocycles. The van der Waals surface area contributed by atoms with Crippen molar-refractivity contribution in [3.8, 4) is 22.6 Å². The number of alkyl halides is 3. The van der Waals surface area contributed by atoms with Gasteiger partial charge in [0.15, 0.2) is 6.10 Å². The maximum Gasteiger partial charge on any atom is 0.416 e. The Hall–Kier alpha value is -8.39. The molecule has 8 N–H and O–H groups in total. The number of carbonyl (C=O) groups excluding carboxylic acids is 4.